The molecule has 0 radical (unpaired) electrons. The Morgan fingerprint density at radius 3 is 2.80 bits per heavy atom. The molecule has 82 valence electrons. The molecule has 1 heterocycles. The molecule has 0 aliphatic carbocycles. The highest BCUT2D eigenvalue weighted by molar-refractivity contribution is 5.60. The zero-order chi connectivity index (χ0) is 10.8. The third kappa shape index (κ3) is 2.42. The zero-order valence-corrected chi connectivity index (χ0v) is 9.49. The first-order chi connectivity index (χ1) is 7.18. The predicted octanol–water partition coefficient (Wildman–Crippen LogP) is 1.84. The number of epoxide rings is 1. The van der Waals surface area contributed by atoms with Crippen molar-refractivity contribution in [3.8, 4) is 5.75 Å². The molecular formula is C12H17NO2. The first-order valence-corrected chi connectivity index (χ1v) is 5.20. The van der Waals surface area contributed by atoms with Crippen LogP contribution in [0.25, 0.3) is 0 Å². The minimum atomic E-state index is 0.305. The molecular weight excluding hydrogens is 190 g/mol. The monoisotopic (exact) mass is 207 g/mol. The average Bonchev–Trinajstić information content (AvgIpc) is 2.99. The number of para-hydroxylation sites is 1. The molecule has 1 aliphatic rings. The number of anilines is 1. The largest absolute Gasteiger partial charge is 0.488 e. The topological polar surface area (TPSA) is 25.0 Å². The van der Waals surface area contributed by atoms with Gasteiger partial charge in [-0.25, -0.2) is 0 Å². The lowest BCUT2D eigenvalue weighted by molar-refractivity contribution is 0.262. The van der Waals surface area contributed by atoms with Crippen LogP contribution >= 0.6 is 0 Å². The minimum absolute atomic E-state index is 0.305. The molecule has 0 amide bonds. The second-order valence-electron chi connectivity index (χ2n) is 4.08. The molecule has 15 heavy (non-hydrogen) atoms. The molecule has 1 fully saturated rings. The molecule has 3 nitrogen and oxygen atoms in total. The number of hydrogen-bond donors (Lipinski definition) is 0. The van der Waals surface area contributed by atoms with Gasteiger partial charge in [-0.3, -0.25) is 0 Å². The van der Waals surface area contributed by atoms with Crippen LogP contribution < -0.4 is 9.64 Å². The van der Waals surface area contributed by atoms with E-state index in [4.69, 9.17) is 9.47 Å². The van der Waals surface area contributed by atoms with E-state index >= 15 is 0 Å². The van der Waals surface area contributed by atoms with Crippen LogP contribution in [0.3, 0.4) is 0 Å². The number of benzene rings is 1. The van der Waals surface area contributed by atoms with Crippen molar-refractivity contribution in [2.75, 3.05) is 32.2 Å². The van der Waals surface area contributed by atoms with Gasteiger partial charge in [0.1, 0.15) is 18.5 Å². The van der Waals surface area contributed by atoms with Crippen molar-refractivity contribution in [2.45, 2.75) is 13.0 Å². The SMILES string of the molecule is Cc1cccc(N(C)C)c1OCC1CO1. The summed E-state index contributed by atoms with van der Waals surface area (Å²) in [6.45, 7) is 3.56. The lowest BCUT2D eigenvalue weighted by Gasteiger charge is -2.19. The van der Waals surface area contributed by atoms with Crippen LogP contribution in [0, 0.1) is 6.92 Å². The second kappa shape index (κ2) is 4.11. The molecule has 1 atom stereocenters. The third-order valence-corrected chi connectivity index (χ3v) is 2.49. The van der Waals surface area contributed by atoms with Crippen molar-refractivity contribution in [3.05, 3.63) is 23.8 Å². The highest BCUT2D eigenvalue weighted by atomic mass is 16.6. The van der Waals surface area contributed by atoms with Gasteiger partial charge in [0.05, 0.1) is 12.3 Å². The Balaban J connectivity index is 2.16. The standard InChI is InChI=1S/C12H17NO2/c1-9-5-4-6-11(13(2)3)12(9)15-8-10-7-14-10/h4-6,10H,7-8H2,1-3H3. The normalized spacial score (nSPS) is 18.7. The van der Waals surface area contributed by atoms with Crippen LogP contribution in [0.15, 0.2) is 18.2 Å². The van der Waals surface area contributed by atoms with Gasteiger partial charge in [-0.1, -0.05) is 12.1 Å². The van der Waals surface area contributed by atoms with Gasteiger partial charge in [0, 0.05) is 14.1 Å². The Labute approximate surface area is 90.6 Å². The van der Waals surface area contributed by atoms with Crippen LogP contribution in [0.1, 0.15) is 5.56 Å². The lowest BCUT2D eigenvalue weighted by Crippen LogP contribution is -2.13. The summed E-state index contributed by atoms with van der Waals surface area (Å²) < 4.78 is 10.9. The molecule has 0 N–H and O–H groups in total. The molecule has 0 saturated carbocycles. The van der Waals surface area contributed by atoms with Gasteiger partial charge in [-0.15, -0.1) is 0 Å². The van der Waals surface area contributed by atoms with Crippen molar-refractivity contribution >= 4 is 5.69 Å². The van der Waals surface area contributed by atoms with E-state index in [1.807, 2.05) is 20.2 Å². The second-order valence-corrected chi connectivity index (χ2v) is 4.08. The molecule has 1 unspecified atom stereocenters. The van der Waals surface area contributed by atoms with Crippen LogP contribution in [0.5, 0.6) is 5.75 Å². The van der Waals surface area contributed by atoms with Gasteiger partial charge in [0.2, 0.25) is 0 Å². The fraction of sp³-hybridized carbons (Fsp3) is 0.500. The summed E-state index contributed by atoms with van der Waals surface area (Å²) in [6, 6.07) is 6.18. The fourth-order valence-electron chi connectivity index (χ4n) is 1.52. The first-order valence-electron chi connectivity index (χ1n) is 5.20. The molecule has 1 saturated heterocycles. The molecule has 1 aromatic rings. The van der Waals surface area contributed by atoms with E-state index < -0.39 is 0 Å². The highest BCUT2D eigenvalue weighted by Crippen LogP contribution is 2.31. The highest BCUT2D eigenvalue weighted by Gasteiger charge is 2.24. The van der Waals surface area contributed by atoms with E-state index in [2.05, 4.69) is 24.0 Å². The summed E-state index contributed by atoms with van der Waals surface area (Å²) in [5, 5.41) is 0. The van der Waals surface area contributed by atoms with E-state index in [-0.39, 0.29) is 0 Å². The van der Waals surface area contributed by atoms with Gasteiger partial charge in [-0.2, -0.15) is 0 Å². The Morgan fingerprint density at radius 2 is 2.20 bits per heavy atom. The first kappa shape index (κ1) is 10.3. The maximum atomic E-state index is 5.79. The molecule has 2 rings (SSSR count). The van der Waals surface area contributed by atoms with Gasteiger partial charge < -0.3 is 14.4 Å². The average molecular weight is 207 g/mol. The van der Waals surface area contributed by atoms with Crippen molar-refractivity contribution < 1.29 is 9.47 Å². The summed E-state index contributed by atoms with van der Waals surface area (Å²) >= 11 is 0. The van der Waals surface area contributed by atoms with Gasteiger partial charge >= 0.3 is 0 Å². The fourth-order valence-corrected chi connectivity index (χ4v) is 1.52. The zero-order valence-electron chi connectivity index (χ0n) is 9.49. The Hall–Kier alpha value is -1.22. The van der Waals surface area contributed by atoms with E-state index in [1.54, 1.807) is 0 Å². The molecule has 0 aromatic heterocycles. The van der Waals surface area contributed by atoms with Crippen molar-refractivity contribution in [3.63, 3.8) is 0 Å². The van der Waals surface area contributed by atoms with Crippen molar-refractivity contribution in [2.24, 2.45) is 0 Å². The molecule has 1 aliphatic heterocycles. The van der Waals surface area contributed by atoms with Crippen LogP contribution in [0.4, 0.5) is 5.69 Å². The maximum Gasteiger partial charge on any atom is 0.145 e. The Kier molecular flexibility index (Phi) is 2.82. The summed E-state index contributed by atoms with van der Waals surface area (Å²) in [4.78, 5) is 2.07. The number of ether oxygens (including phenoxy) is 2. The van der Waals surface area contributed by atoms with Crippen LogP contribution in [-0.4, -0.2) is 33.4 Å². The van der Waals surface area contributed by atoms with E-state index in [0.717, 1.165) is 18.0 Å². The number of hydrogen-bond acceptors (Lipinski definition) is 3. The Morgan fingerprint density at radius 1 is 1.47 bits per heavy atom. The van der Waals surface area contributed by atoms with E-state index in [9.17, 15) is 0 Å². The molecule has 0 bridgehead atoms. The minimum Gasteiger partial charge on any atom is -0.488 e. The van der Waals surface area contributed by atoms with Gasteiger partial charge in [-0.05, 0) is 18.6 Å². The summed E-state index contributed by atoms with van der Waals surface area (Å²) in [7, 11) is 4.05. The molecule has 0 spiro atoms. The predicted molar refractivity (Wildman–Crippen MR) is 60.7 cm³/mol. The van der Waals surface area contributed by atoms with Crippen LogP contribution in [-0.2, 0) is 4.74 Å². The van der Waals surface area contributed by atoms with E-state index in [0.29, 0.717) is 12.7 Å². The van der Waals surface area contributed by atoms with Crippen molar-refractivity contribution in [1.29, 1.82) is 0 Å². The smallest absolute Gasteiger partial charge is 0.145 e. The maximum absolute atomic E-state index is 5.79. The molecule has 1 aromatic carbocycles. The van der Waals surface area contributed by atoms with E-state index in [1.165, 1.54) is 5.56 Å². The molecule has 3 heteroatoms. The third-order valence-electron chi connectivity index (χ3n) is 2.49. The Bertz CT molecular complexity index is 345. The van der Waals surface area contributed by atoms with Crippen LogP contribution in [0.2, 0.25) is 0 Å². The number of nitrogens with zero attached hydrogens (tertiary/aromatic N) is 1. The summed E-state index contributed by atoms with van der Waals surface area (Å²) in [5.74, 6) is 0.970. The summed E-state index contributed by atoms with van der Waals surface area (Å²) in [6.07, 6.45) is 0.305. The van der Waals surface area contributed by atoms with Gasteiger partial charge in [0.15, 0.2) is 0 Å². The van der Waals surface area contributed by atoms with Crippen molar-refractivity contribution in [1.82, 2.24) is 0 Å². The number of rotatable bonds is 4. The number of aryl methyl sites for hydroxylation is 1. The lowest BCUT2D eigenvalue weighted by atomic mass is 10.2. The summed E-state index contributed by atoms with van der Waals surface area (Å²) in [5.41, 5.74) is 2.29. The quantitative estimate of drug-likeness (QED) is 0.704. The van der Waals surface area contributed by atoms with Gasteiger partial charge in [0.25, 0.3) is 0 Å².